The van der Waals surface area contributed by atoms with Crippen LogP contribution in [0, 0.1) is 5.41 Å². The minimum absolute atomic E-state index is 0.369. The third-order valence-corrected chi connectivity index (χ3v) is 3.94. The lowest BCUT2D eigenvalue weighted by molar-refractivity contribution is 0.216. The van der Waals surface area contributed by atoms with E-state index in [1.54, 1.807) is 0 Å². The number of nitrogens with zero attached hydrogens (tertiary/aromatic N) is 1. The van der Waals surface area contributed by atoms with E-state index in [1.165, 1.54) is 25.7 Å². The summed E-state index contributed by atoms with van der Waals surface area (Å²) in [6.07, 6.45) is 5.24. The van der Waals surface area contributed by atoms with Gasteiger partial charge in [-0.3, -0.25) is 0 Å². The second-order valence-corrected chi connectivity index (χ2v) is 5.87. The van der Waals surface area contributed by atoms with Crippen molar-refractivity contribution in [2.24, 2.45) is 5.41 Å². The number of pyridine rings is 1. The second-order valence-electron chi connectivity index (χ2n) is 5.87. The van der Waals surface area contributed by atoms with Gasteiger partial charge in [-0.05, 0) is 37.3 Å². The van der Waals surface area contributed by atoms with E-state index in [-0.39, 0.29) is 0 Å². The van der Waals surface area contributed by atoms with Crippen molar-refractivity contribution in [2.75, 3.05) is 17.2 Å². The predicted molar refractivity (Wildman–Crippen MR) is 78.1 cm³/mol. The van der Waals surface area contributed by atoms with Crippen LogP contribution in [0.1, 0.15) is 46.5 Å². The number of anilines is 2. The molecule has 0 radical (unpaired) electrons. The zero-order valence-corrected chi connectivity index (χ0v) is 11.8. The summed E-state index contributed by atoms with van der Waals surface area (Å²) in [5, 5.41) is 6.87. The molecule has 3 heteroatoms. The van der Waals surface area contributed by atoms with Crippen molar-refractivity contribution in [3.05, 3.63) is 18.2 Å². The Labute approximate surface area is 110 Å². The first kappa shape index (κ1) is 13.2. The highest BCUT2D eigenvalue weighted by Crippen LogP contribution is 2.37. The highest BCUT2D eigenvalue weighted by atomic mass is 15.1. The molecule has 0 saturated heterocycles. The van der Waals surface area contributed by atoms with Gasteiger partial charge in [0, 0.05) is 12.6 Å². The largest absolute Gasteiger partial charge is 0.370 e. The quantitative estimate of drug-likeness (QED) is 0.847. The van der Waals surface area contributed by atoms with E-state index in [4.69, 9.17) is 0 Å². The Morgan fingerprint density at radius 3 is 2.78 bits per heavy atom. The fourth-order valence-corrected chi connectivity index (χ4v) is 2.73. The molecule has 18 heavy (non-hydrogen) atoms. The molecule has 1 heterocycles. The third-order valence-electron chi connectivity index (χ3n) is 3.94. The number of rotatable bonds is 4. The van der Waals surface area contributed by atoms with Crippen LogP contribution < -0.4 is 10.6 Å². The number of nitrogens with one attached hydrogen (secondary N) is 2. The van der Waals surface area contributed by atoms with Gasteiger partial charge in [0.2, 0.25) is 0 Å². The van der Waals surface area contributed by atoms with Crippen LogP contribution in [0.4, 0.5) is 11.6 Å². The van der Waals surface area contributed by atoms with Gasteiger partial charge < -0.3 is 10.6 Å². The van der Waals surface area contributed by atoms with Crippen LogP contribution in [-0.2, 0) is 0 Å². The predicted octanol–water partition coefficient (Wildman–Crippen LogP) is 3.89. The summed E-state index contributed by atoms with van der Waals surface area (Å²) < 4.78 is 0. The van der Waals surface area contributed by atoms with E-state index in [9.17, 15) is 0 Å². The van der Waals surface area contributed by atoms with E-state index in [2.05, 4.69) is 48.5 Å². The Morgan fingerprint density at radius 2 is 2.06 bits per heavy atom. The van der Waals surface area contributed by atoms with Gasteiger partial charge in [-0.1, -0.05) is 32.8 Å². The summed E-state index contributed by atoms with van der Waals surface area (Å²) in [5.41, 5.74) is 0.369. The van der Waals surface area contributed by atoms with Crippen molar-refractivity contribution in [2.45, 2.75) is 52.5 Å². The van der Waals surface area contributed by atoms with Gasteiger partial charge in [0.05, 0.1) is 0 Å². The third kappa shape index (κ3) is 3.15. The van der Waals surface area contributed by atoms with Crippen LogP contribution >= 0.6 is 0 Å². The molecule has 2 N–H and O–H groups in total. The van der Waals surface area contributed by atoms with Gasteiger partial charge in [0.1, 0.15) is 11.6 Å². The molecular formula is C15H25N3. The molecule has 3 nitrogen and oxygen atoms in total. The van der Waals surface area contributed by atoms with Crippen LogP contribution in [0.15, 0.2) is 18.2 Å². The monoisotopic (exact) mass is 247 g/mol. The average Bonchev–Trinajstić information content (AvgIpc) is 2.33. The van der Waals surface area contributed by atoms with Crippen molar-refractivity contribution in [1.82, 2.24) is 4.98 Å². The van der Waals surface area contributed by atoms with Crippen LogP contribution in [0.25, 0.3) is 0 Å². The fourth-order valence-electron chi connectivity index (χ4n) is 2.73. The zero-order valence-electron chi connectivity index (χ0n) is 11.8. The zero-order chi connectivity index (χ0) is 13.0. The molecular weight excluding hydrogens is 222 g/mol. The SMILES string of the molecule is CCNc1cccc(NC2CCCCC2(C)C)n1. The molecule has 0 bridgehead atoms. The van der Waals surface area contributed by atoms with Crippen molar-refractivity contribution < 1.29 is 0 Å². The molecule has 1 atom stereocenters. The summed E-state index contributed by atoms with van der Waals surface area (Å²) in [7, 11) is 0. The number of aromatic nitrogens is 1. The summed E-state index contributed by atoms with van der Waals surface area (Å²) in [6.45, 7) is 7.72. The topological polar surface area (TPSA) is 37.0 Å². The van der Waals surface area contributed by atoms with Crippen LogP contribution in [0.3, 0.4) is 0 Å². The fraction of sp³-hybridized carbons (Fsp3) is 0.667. The van der Waals surface area contributed by atoms with E-state index < -0.39 is 0 Å². The first-order valence-electron chi connectivity index (χ1n) is 7.09. The molecule has 1 aliphatic rings. The summed E-state index contributed by atoms with van der Waals surface area (Å²) in [5.74, 6) is 1.95. The molecule has 0 amide bonds. The molecule has 0 aromatic carbocycles. The Morgan fingerprint density at radius 1 is 1.28 bits per heavy atom. The van der Waals surface area contributed by atoms with Crippen molar-refractivity contribution in [1.29, 1.82) is 0 Å². The Kier molecular flexibility index (Phi) is 4.10. The number of hydrogen-bond donors (Lipinski definition) is 2. The van der Waals surface area contributed by atoms with Crippen LogP contribution in [-0.4, -0.2) is 17.6 Å². The smallest absolute Gasteiger partial charge is 0.128 e. The van der Waals surface area contributed by atoms with Crippen LogP contribution in [0.5, 0.6) is 0 Å². The normalized spacial score (nSPS) is 22.5. The van der Waals surface area contributed by atoms with Crippen molar-refractivity contribution >= 4 is 11.6 Å². The van der Waals surface area contributed by atoms with Crippen LogP contribution in [0.2, 0.25) is 0 Å². The van der Waals surface area contributed by atoms with Gasteiger partial charge in [0.25, 0.3) is 0 Å². The molecule has 1 fully saturated rings. The Hall–Kier alpha value is -1.25. The molecule has 1 unspecified atom stereocenters. The van der Waals surface area contributed by atoms with Crippen molar-refractivity contribution in [3.63, 3.8) is 0 Å². The molecule has 0 spiro atoms. The molecule has 2 rings (SSSR count). The first-order chi connectivity index (χ1) is 8.62. The average molecular weight is 247 g/mol. The van der Waals surface area contributed by atoms with Crippen molar-refractivity contribution in [3.8, 4) is 0 Å². The second kappa shape index (κ2) is 5.59. The molecule has 100 valence electrons. The standard InChI is InChI=1S/C15H25N3/c1-4-16-13-9-7-10-14(18-13)17-12-8-5-6-11-15(12,2)3/h7,9-10,12H,4-6,8,11H2,1-3H3,(H2,16,17,18). The summed E-state index contributed by atoms with van der Waals surface area (Å²) in [6, 6.07) is 6.67. The van der Waals surface area contributed by atoms with E-state index >= 15 is 0 Å². The highest BCUT2D eigenvalue weighted by molar-refractivity contribution is 5.45. The number of hydrogen-bond acceptors (Lipinski definition) is 3. The maximum atomic E-state index is 4.60. The molecule has 1 aromatic heterocycles. The minimum atomic E-state index is 0.369. The van der Waals surface area contributed by atoms with Gasteiger partial charge in [-0.15, -0.1) is 0 Å². The van der Waals surface area contributed by atoms with Gasteiger partial charge in [-0.25, -0.2) is 4.98 Å². The summed E-state index contributed by atoms with van der Waals surface area (Å²) in [4.78, 5) is 4.60. The molecule has 1 aliphatic carbocycles. The molecule has 1 saturated carbocycles. The van der Waals surface area contributed by atoms with E-state index in [1.807, 2.05) is 6.07 Å². The van der Waals surface area contributed by atoms with E-state index in [0.29, 0.717) is 11.5 Å². The first-order valence-corrected chi connectivity index (χ1v) is 7.09. The summed E-state index contributed by atoms with van der Waals surface area (Å²) >= 11 is 0. The highest BCUT2D eigenvalue weighted by Gasteiger charge is 2.32. The lowest BCUT2D eigenvalue weighted by Crippen LogP contribution is -2.39. The lowest BCUT2D eigenvalue weighted by Gasteiger charge is -2.39. The maximum absolute atomic E-state index is 4.60. The Balaban J connectivity index is 2.06. The Bertz CT molecular complexity index is 387. The molecule has 1 aromatic rings. The van der Waals surface area contributed by atoms with Gasteiger partial charge in [-0.2, -0.15) is 0 Å². The lowest BCUT2D eigenvalue weighted by atomic mass is 9.73. The molecule has 0 aliphatic heterocycles. The minimum Gasteiger partial charge on any atom is -0.370 e. The maximum Gasteiger partial charge on any atom is 0.128 e. The van der Waals surface area contributed by atoms with Gasteiger partial charge >= 0.3 is 0 Å². The van der Waals surface area contributed by atoms with Gasteiger partial charge in [0.15, 0.2) is 0 Å². The van der Waals surface area contributed by atoms with E-state index in [0.717, 1.165) is 18.2 Å².